The van der Waals surface area contributed by atoms with E-state index >= 15 is 0 Å². The Morgan fingerprint density at radius 1 is 1.35 bits per heavy atom. The fourth-order valence-electron chi connectivity index (χ4n) is 1.74. The summed E-state index contributed by atoms with van der Waals surface area (Å²) in [5, 5.41) is 4.53. The number of rotatable bonds is 3. The number of anilines is 1. The van der Waals surface area contributed by atoms with Gasteiger partial charge in [0.25, 0.3) is 0 Å². The van der Waals surface area contributed by atoms with Crippen LogP contribution in [-0.4, -0.2) is 6.03 Å². The number of amides is 2. The van der Waals surface area contributed by atoms with Crippen LogP contribution < -0.4 is 16.6 Å². The van der Waals surface area contributed by atoms with E-state index in [9.17, 15) is 9.18 Å². The van der Waals surface area contributed by atoms with E-state index < -0.39 is 6.03 Å². The molecule has 1 heterocycles. The Balaban J connectivity index is 2.38. The summed E-state index contributed by atoms with van der Waals surface area (Å²) in [5.41, 5.74) is 3.56. The number of hydrogen-bond acceptors (Lipinski definition) is 3. The fourth-order valence-corrected chi connectivity index (χ4v) is 2.35. The number of urea groups is 1. The Labute approximate surface area is 120 Å². The van der Waals surface area contributed by atoms with Crippen LogP contribution in [0.15, 0.2) is 29.6 Å². The van der Waals surface area contributed by atoms with Gasteiger partial charge in [-0.25, -0.2) is 15.0 Å². The van der Waals surface area contributed by atoms with Crippen LogP contribution in [0, 0.1) is 12.7 Å². The summed E-state index contributed by atoms with van der Waals surface area (Å²) in [6.45, 7) is 1.66. The molecule has 0 aliphatic heterocycles. The molecule has 2 rings (SSSR count). The van der Waals surface area contributed by atoms with Crippen molar-refractivity contribution in [3.8, 4) is 0 Å². The summed E-state index contributed by atoms with van der Waals surface area (Å²) in [5.74, 6) is 4.71. The predicted octanol–water partition coefficient (Wildman–Crippen LogP) is 3.36. The summed E-state index contributed by atoms with van der Waals surface area (Å²) < 4.78 is 13.7. The van der Waals surface area contributed by atoms with Crippen LogP contribution in [0.1, 0.15) is 16.0 Å². The number of benzene rings is 1. The van der Waals surface area contributed by atoms with E-state index in [1.54, 1.807) is 24.3 Å². The molecule has 104 valence electrons. The molecule has 0 unspecified atom stereocenters. The minimum atomic E-state index is -0.554. The Morgan fingerprint density at radius 2 is 2.15 bits per heavy atom. The highest BCUT2D eigenvalue weighted by molar-refractivity contribution is 7.10. The summed E-state index contributed by atoms with van der Waals surface area (Å²) in [7, 11) is 0. The SMILES string of the molecule is Cc1c(F)ccc(NC(=O)NN)c1/C=C/c1cccs1. The van der Waals surface area contributed by atoms with Crippen molar-refractivity contribution in [3.63, 3.8) is 0 Å². The zero-order chi connectivity index (χ0) is 14.5. The molecule has 0 aliphatic carbocycles. The quantitative estimate of drug-likeness (QED) is 0.461. The number of thiophene rings is 1. The van der Waals surface area contributed by atoms with E-state index in [1.807, 2.05) is 29.0 Å². The van der Waals surface area contributed by atoms with E-state index in [0.717, 1.165) is 4.88 Å². The van der Waals surface area contributed by atoms with Gasteiger partial charge in [-0.15, -0.1) is 11.3 Å². The highest BCUT2D eigenvalue weighted by Crippen LogP contribution is 2.25. The molecule has 0 saturated carbocycles. The summed E-state index contributed by atoms with van der Waals surface area (Å²) in [4.78, 5) is 12.3. The van der Waals surface area contributed by atoms with Gasteiger partial charge in [-0.2, -0.15) is 0 Å². The molecule has 1 aromatic carbocycles. The molecule has 2 aromatic rings. The van der Waals surface area contributed by atoms with Crippen LogP contribution in [0.2, 0.25) is 0 Å². The molecule has 0 saturated heterocycles. The standard InChI is InChI=1S/C14H14FN3OS/c1-9-11(5-4-10-3-2-8-20-10)13(7-6-12(9)15)17-14(19)18-16/h2-8H,16H2,1H3,(H2,17,18,19)/b5-4+. The van der Waals surface area contributed by atoms with Crippen molar-refractivity contribution in [2.75, 3.05) is 5.32 Å². The maximum atomic E-state index is 13.7. The smallest absolute Gasteiger partial charge is 0.306 e. The molecule has 0 bridgehead atoms. The second kappa shape index (κ2) is 6.31. The van der Waals surface area contributed by atoms with Crippen LogP contribution in [0.25, 0.3) is 12.2 Å². The molecule has 20 heavy (non-hydrogen) atoms. The number of halogens is 1. The predicted molar refractivity (Wildman–Crippen MR) is 80.7 cm³/mol. The van der Waals surface area contributed by atoms with Gasteiger partial charge in [0.05, 0.1) is 5.69 Å². The second-order valence-corrected chi connectivity index (χ2v) is 5.06. The van der Waals surface area contributed by atoms with Crippen molar-refractivity contribution in [2.45, 2.75) is 6.92 Å². The number of nitrogens with two attached hydrogens (primary N) is 1. The zero-order valence-corrected chi connectivity index (χ0v) is 11.6. The van der Waals surface area contributed by atoms with Crippen LogP contribution in [-0.2, 0) is 0 Å². The zero-order valence-electron chi connectivity index (χ0n) is 10.8. The first kappa shape index (κ1) is 14.2. The number of hydrazine groups is 1. The minimum Gasteiger partial charge on any atom is -0.306 e. The number of carbonyl (C=O) groups is 1. The van der Waals surface area contributed by atoms with E-state index in [2.05, 4.69) is 5.32 Å². The van der Waals surface area contributed by atoms with E-state index in [4.69, 9.17) is 5.84 Å². The van der Waals surface area contributed by atoms with Crippen molar-refractivity contribution < 1.29 is 9.18 Å². The lowest BCUT2D eigenvalue weighted by atomic mass is 10.0. The summed E-state index contributed by atoms with van der Waals surface area (Å²) in [6, 6.07) is 6.15. The van der Waals surface area contributed by atoms with Crippen LogP contribution in [0.5, 0.6) is 0 Å². The lowest BCUT2D eigenvalue weighted by molar-refractivity contribution is 0.252. The van der Waals surface area contributed by atoms with Gasteiger partial charge in [0.2, 0.25) is 0 Å². The van der Waals surface area contributed by atoms with E-state index in [-0.39, 0.29) is 5.82 Å². The molecule has 0 aliphatic rings. The molecule has 4 nitrogen and oxygen atoms in total. The van der Waals surface area contributed by atoms with E-state index in [1.165, 1.54) is 12.1 Å². The molecule has 6 heteroatoms. The Bertz CT molecular complexity index is 638. The molecule has 0 spiro atoms. The number of nitrogens with one attached hydrogen (secondary N) is 2. The third-order valence-corrected chi connectivity index (χ3v) is 3.62. The second-order valence-electron chi connectivity index (χ2n) is 4.08. The number of carbonyl (C=O) groups excluding carboxylic acids is 1. The first-order chi connectivity index (χ1) is 9.61. The van der Waals surface area contributed by atoms with E-state index in [0.29, 0.717) is 16.8 Å². The van der Waals surface area contributed by atoms with Gasteiger partial charge in [-0.3, -0.25) is 5.43 Å². The monoisotopic (exact) mass is 291 g/mol. The maximum absolute atomic E-state index is 13.7. The lowest BCUT2D eigenvalue weighted by Crippen LogP contribution is -2.34. The van der Waals surface area contributed by atoms with Gasteiger partial charge >= 0.3 is 6.03 Å². The Kier molecular flexibility index (Phi) is 4.49. The van der Waals surface area contributed by atoms with Gasteiger partial charge in [-0.05, 0) is 42.1 Å². The van der Waals surface area contributed by atoms with Gasteiger partial charge in [0.1, 0.15) is 5.82 Å². The van der Waals surface area contributed by atoms with Crippen molar-refractivity contribution in [2.24, 2.45) is 5.84 Å². The highest BCUT2D eigenvalue weighted by atomic mass is 32.1. The van der Waals surface area contributed by atoms with Crippen molar-refractivity contribution >= 4 is 35.2 Å². The largest absolute Gasteiger partial charge is 0.333 e. The highest BCUT2D eigenvalue weighted by Gasteiger charge is 2.09. The topological polar surface area (TPSA) is 67.2 Å². The average Bonchev–Trinajstić information content (AvgIpc) is 2.95. The molecular formula is C14H14FN3OS. The molecule has 2 amide bonds. The number of hydrogen-bond donors (Lipinski definition) is 3. The maximum Gasteiger partial charge on any atom is 0.333 e. The molecule has 4 N–H and O–H groups in total. The van der Waals surface area contributed by atoms with Gasteiger partial charge < -0.3 is 5.32 Å². The lowest BCUT2D eigenvalue weighted by Gasteiger charge is -2.11. The normalized spacial score (nSPS) is 10.8. The minimum absolute atomic E-state index is 0.325. The molecule has 0 fully saturated rings. The van der Waals surface area contributed by atoms with Gasteiger partial charge in [0, 0.05) is 10.4 Å². The third-order valence-electron chi connectivity index (χ3n) is 2.79. The van der Waals surface area contributed by atoms with Crippen LogP contribution in [0.3, 0.4) is 0 Å². The Hall–Kier alpha value is -2.18. The van der Waals surface area contributed by atoms with Gasteiger partial charge in [-0.1, -0.05) is 12.1 Å². The summed E-state index contributed by atoms with van der Waals surface area (Å²) >= 11 is 1.58. The van der Waals surface area contributed by atoms with Gasteiger partial charge in [0.15, 0.2) is 0 Å². The van der Waals surface area contributed by atoms with Crippen LogP contribution in [0.4, 0.5) is 14.9 Å². The molecular weight excluding hydrogens is 277 g/mol. The first-order valence-corrected chi connectivity index (χ1v) is 6.78. The van der Waals surface area contributed by atoms with Crippen LogP contribution >= 0.6 is 11.3 Å². The average molecular weight is 291 g/mol. The molecule has 0 atom stereocenters. The van der Waals surface area contributed by atoms with Crippen molar-refractivity contribution in [1.29, 1.82) is 0 Å². The first-order valence-electron chi connectivity index (χ1n) is 5.90. The third kappa shape index (κ3) is 3.23. The Morgan fingerprint density at radius 3 is 2.80 bits per heavy atom. The fraction of sp³-hybridized carbons (Fsp3) is 0.0714. The summed E-state index contributed by atoms with van der Waals surface area (Å²) in [6.07, 6.45) is 3.65. The van der Waals surface area contributed by atoms with Crippen molar-refractivity contribution in [3.05, 3.63) is 51.5 Å². The molecule has 0 radical (unpaired) electrons. The van der Waals surface area contributed by atoms with Crippen molar-refractivity contribution in [1.82, 2.24) is 5.43 Å². The molecule has 1 aromatic heterocycles.